The Morgan fingerprint density at radius 1 is 1.19 bits per heavy atom. The lowest BCUT2D eigenvalue weighted by molar-refractivity contribution is -0.132. The summed E-state index contributed by atoms with van der Waals surface area (Å²) in [4.78, 5) is 26.2. The van der Waals surface area contributed by atoms with E-state index in [0.29, 0.717) is 10.3 Å². The van der Waals surface area contributed by atoms with Gasteiger partial charge in [-0.05, 0) is 31.5 Å². The van der Waals surface area contributed by atoms with Gasteiger partial charge in [0.2, 0.25) is 5.91 Å². The molecule has 2 aromatic rings. The highest BCUT2D eigenvalue weighted by molar-refractivity contribution is 7.99. The number of piperazine rings is 1. The van der Waals surface area contributed by atoms with Crippen molar-refractivity contribution < 1.29 is 4.79 Å². The molecule has 4 rings (SSSR count). The molecule has 2 aliphatic rings. The highest BCUT2D eigenvalue weighted by atomic mass is 35.5. The molecule has 1 fully saturated rings. The Morgan fingerprint density at radius 2 is 1.89 bits per heavy atom. The third-order valence-corrected chi connectivity index (χ3v) is 6.88. The van der Waals surface area contributed by atoms with Crippen molar-refractivity contribution in [2.24, 2.45) is 0 Å². The number of halogens is 1. The Bertz CT molecular complexity index is 836. The lowest BCUT2D eigenvalue weighted by atomic mass is 9.99. The molecule has 0 bridgehead atoms. The smallest absolute Gasteiger partial charge is 0.229 e. The first-order valence-electron chi connectivity index (χ1n) is 9.29. The lowest BCUT2D eigenvalue weighted by Crippen LogP contribution is -2.50. The second kappa shape index (κ2) is 7.68. The maximum Gasteiger partial charge on any atom is 0.229 e. The minimum Gasteiger partial charge on any atom is -0.353 e. The number of rotatable bonds is 3. The van der Waals surface area contributed by atoms with E-state index in [4.69, 9.17) is 11.6 Å². The summed E-state index contributed by atoms with van der Waals surface area (Å²) in [5.41, 5.74) is 3.44. The van der Waals surface area contributed by atoms with Crippen LogP contribution in [0.5, 0.6) is 0 Å². The van der Waals surface area contributed by atoms with Gasteiger partial charge in [-0.25, -0.2) is 9.97 Å². The molecule has 0 radical (unpaired) electrons. The molecule has 2 unspecified atom stereocenters. The molecule has 1 saturated heterocycles. The molecule has 142 valence electrons. The molecule has 5 nitrogen and oxygen atoms in total. The van der Waals surface area contributed by atoms with Crippen molar-refractivity contribution >= 4 is 35.1 Å². The predicted octanol–water partition coefficient (Wildman–Crippen LogP) is 3.89. The van der Waals surface area contributed by atoms with Gasteiger partial charge >= 0.3 is 0 Å². The van der Waals surface area contributed by atoms with Crippen LogP contribution in [0.25, 0.3) is 0 Å². The maximum atomic E-state index is 12.9. The second-order valence-corrected chi connectivity index (χ2v) is 8.86. The van der Waals surface area contributed by atoms with Gasteiger partial charge in [0.15, 0.2) is 0 Å². The van der Waals surface area contributed by atoms with Crippen molar-refractivity contribution in [1.29, 1.82) is 0 Å². The summed E-state index contributed by atoms with van der Waals surface area (Å²) >= 11 is 7.87. The topological polar surface area (TPSA) is 49.3 Å². The standard InChI is InChI=1S/C20H23ClN4OS/c1-13(15-3-5-16(21)6-4-15)20(26)25-9-7-24(8-10-25)19-18-14(2)27-11-17(18)22-12-23-19/h3-6,12-14H,7-11H2,1-2H3. The van der Waals surface area contributed by atoms with E-state index < -0.39 is 0 Å². The van der Waals surface area contributed by atoms with Crippen LogP contribution in [0, 0.1) is 0 Å². The average molecular weight is 403 g/mol. The molecule has 0 saturated carbocycles. The van der Waals surface area contributed by atoms with Crippen LogP contribution in [-0.4, -0.2) is 47.0 Å². The molecule has 3 heterocycles. The monoisotopic (exact) mass is 402 g/mol. The molecular weight excluding hydrogens is 380 g/mol. The van der Waals surface area contributed by atoms with Gasteiger partial charge in [0.25, 0.3) is 0 Å². The Balaban J connectivity index is 1.43. The minimum absolute atomic E-state index is 0.159. The summed E-state index contributed by atoms with van der Waals surface area (Å²) in [7, 11) is 0. The van der Waals surface area contributed by atoms with E-state index in [2.05, 4.69) is 21.8 Å². The number of anilines is 1. The Kier molecular flexibility index (Phi) is 5.28. The van der Waals surface area contributed by atoms with E-state index in [0.717, 1.165) is 49.0 Å². The summed E-state index contributed by atoms with van der Waals surface area (Å²) in [5, 5.41) is 1.12. The molecule has 2 aliphatic heterocycles. The normalized spacial score (nSPS) is 20.5. The molecule has 1 aromatic heterocycles. The molecule has 1 amide bonds. The Hall–Kier alpha value is -1.79. The third kappa shape index (κ3) is 3.65. The first-order chi connectivity index (χ1) is 13.0. The fraction of sp³-hybridized carbons (Fsp3) is 0.450. The van der Waals surface area contributed by atoms with Crippen molar-refractivity contribution in [1.82, 2.24) is 14.9 Å². The number of aromatic nitrogens is 2. The van der Waals surface area contributed by atoms with Gasteiger partial charge in [0, 0.05) is 47.8 Å². The summed E-state index contributed by atoms with van der Waals surface area (Å²) in [5.74, 6) is 2.03. The highest BCUT2D eigenvalue weighted by Crippen LogP contribution is 2.44. The number of carbonyl (C=O) groups is 1. The Morgan fingerprint density at radius 3 is 2.59 bits per heavy atom. The van der Waals surface area contributed by atoms with Crippen molar-refractivity contribution in [3.05, 3.63) is 52.4 Å². The Labute approximate surface area is 169 Å². The van der Waals surface area contributed by atoms with Gasteiger partial charge in [-0.1, -0.05) is 23.7 Å². The van der Waals surface area contributed by atoms with E-state index >= 15 is 0 Å². The number of hydrogen-bond donors (Lipinski definition) is 0. The lowest BCUT2D eigenvalue weighted by Gasteiger charge is -2.37. The molecule has 7 heteroatoms. The van der Waals surface area contributed by atoms with E-state index in [-0.39, 0.29) is 11.8 Å². The van der Waals surface area contributed by atoms with Crippen molar-refractivity contribution in [3.8, 4) is 0 Å². The van der Waals surface area contributed by atoms with Crippen LogP contribution in [0.2, 0.25) is 5.02 Å². The largest absolute Gasteiger partial charge is 0.353 e. The molecule has 0 aliphatic carbocycles. The predicted molar refractivity (Wildman–Crippen MR) is 110 cm³/mol. The zero-order valence-corrected chi connectivity index (χ0v) is 17.1. The highest BCUT2D eigenvalue weighted by Gasteiger charge is 2.31. The fourth-order valence-electron chi connectivity index (χ4n) is 3.80. The zero-order valence-electron chi connectivity index (χ0n) is 15.6. The van der Waals surface area contributed by atoms with Gasteiger partial charge in [0.05, 0.1) is 11.6 Å². The van der Waals surface area contributed by atoms with Gasteiger partial charge < -0.3 is 9.80 Å². The number of amides is 1. The summed E-state index contributed by atoms with van der Waals surface area (Å²) in [6, 6.07) is 7.55. The van der Waals surface area contributed by atoms with Crippen LogP contribution in [0.15, 0.2) is 30.6 Å². The summed E-state index contributed by atoms with van der Waals surface area (Å²) < 4.78 is 0. The number of benzene rings is 1. The van der Waals surface area contributed by atoms with Crippen molar-refractivity contribution in [3.63, 3.8) is 0 Å². The molecule has 0 spiro atoms. The number of nitrogens with zero attached hydrogens (tertiary/aromatic N) is 4. The third-order valence-electron chi connectivity index (χ3n) is 5.45. The molecule has 2 atom stereocenters. The SMILES string of the molecule is CC1SCc2ncnc(N3CCN(C(=O)C(C)c4ccc(Cl)cc4)CC3)c21. The van der Waals surface area contributed by atoms with Crippen molar-refractivity contribution in [2.75, 3.05) is 31.1 Å². The van der Waals surface area contributed by atoms with Crippen LogP contribution >= 0.6 is 23.4 Å². The van der Waals surface area contributed by atoms with Crippen LogP contribution in [-0.2, 0) is 10.5 Å². The van der Waals surface area contributed by atoms with Gasteiger partial charge in [-0.3, -0.25) is 4.79 Å². The van der Waals surface area contributed by atoms with Gasteiger partial charge in [0.1, 0.15) is 12.1 Å². The molecule has 27 heavy (non-hydrogen) atoms. The van der Waals surface area contributed by atoms with Crippen molar-refractivity contribution in [2.45, 2.75) is 30.8 Å². The number of carbonyl (C=O) groups excluding carboxylic acids is 1. The number of thioether (sulfide) groups is 1. The van der Waals surface area contributed by atoms with E-state index in [9.17, 15) is 4.79 Å². The fourth-order valence-corrected chi connectivity index (χ4v) is 4.97. The number of fused-ring (bicyclic) bond motifs is 1. The summed E-state index contributed by atoms with van der Waals surface area (Å²) in [6.45, 7) is 7.24. The van der Waals surface area contributed by atoms with Crippen LogP contribution in [0.1, 0.15) is 41.8 Å². The van der Waals surface area contributed by atoms with E-state index in [1.807, 2.05) is 47.9 Å². The van der Waals surface area contributed by atoms with E-state index in [1.165, 1.54) is 5.56 Å². The first kappa shape index (κ1) is 18.6. The second-order valence-electron chi connectivity index (χ2n) is 7.10. The first-order valence-corrected chi connectivity index (χ1v) is 10.7. The van der Waals surface area contributed by atoms with Crippen LogP contribution in [0.3, 0.4) is 0 Å². The van der Waals surface area contributed by atoms with E-state index in [1.54, 1.807) is 6.33 Å². The van der Waals surface area contributed by atoms with Crippen LogP contribution < -0.4 is 4.90 Å². The van der Waals surface area contributed by atoms with Crippen LogP contribution in [0.4, 0.5) is 5.82 Å². The molecule has 0 N–H and O–H groups in total. The molecule has 1 aromatic carbocycles. The zero-order chi connectivity index (χ0) is 19.0. The molecular formula is C20H23ClN4OS. The number of hydrogen-bond acceptors (Lipinski definition) is 5. The maximum absolute atomic E-state index is 12.9. The minimum atomic E-state index is -0.159. The average Bonchev–Trinajstić information content (AvgIpc) is 3.09. The quantitative estimate of drug-likeness (QED) is 0.779. The summed E-state index contributed by atoms with van der Waals surface area (Å²) in [6.07, 6.45) is 1.67. The van der Waals surface area contributed by atoms with Gasteiger partial charge in [-0.15, -0.1) is 11.8 Å². The van der Waals surface area contributed by atoms with Gasteiger partial charge in [-0.2, -0.15) is 0 Å².